The number of rotatable bonds is 7. The van der Waals surface area contributed by atoms with Crippen molar-refractivity contribution in [2.24, 2.45) is 5.73 Å². The summed E-state index contributed by atoms with van der Waals surface area (Å²) in [5.74, 6) is 0.0201. The number of nitrogens with zero attached hydrogens (tertiary/aromatic N) is 2. The summed E-state index contributed by atoms with van der Waals surface area (Å²) in [7, 11) is 0. The van der Waals surface area contributed by atoms with Crippen LogP contribution in [0.3, 0.4) is 0 Å². The third-order valence-electron chi connectivity index (χ3n) is 3.71. The van der Waals surface area contributed by atoms with Gasteiger partial charge in [-0.3, -0.25) is 9.59 Å². The Morgan fingerprint density at radius 3 is 2.59 bits per heavy atom. The molecule has 0 fully saturated rings. The second-order valence-electron chi connectivity index (χ2n) is 5.71. The zero-order chi connectivity index (χ0) is 19.2. The lowest BCUT2D eigenvalue weighted by molar-refractivity contribution is -0.115. The molecule has 1 heterocycles. The first kappa shape index (κ1) is 19.2. The molecule has 0 saturated heterocycles. The molecule has 27 heavy (non-hydrogen) atoms. The first-order chi connectivity index (χ1) is 13.0. The van der Waals surface area contributed by atoms with Crippen LogP contribution < -0.4 is 11.1 Å². The smallest absolute Gasteiger partial charge is 0.257 e. The van der Waals surface area contributed by atoms with Gasteiger partial charge in [0, 0.05) is 15.4 Å². The summed E-state index contributed by atoms with van der Waals surface area (Å²) in [5.41, 5.74) is 6.75. The molecular weight excluding hydrogens is 428 g/mol. The van der Waals surface area contributed by atoms with Crippen LogP contribution in [-0.2, 0) is 11.3 Å². The van der Waals surface area contributed by atoms with E-state index in [1.165, 1.54) is 11.8 Å². The molecule has 0 aliphatic heterocycles. The highest BCUT2D eigenvalue weighted by Crippen LogP contribution is 2.23. The number of aromatic nitrogens is 2. The maximum Gasteiger partial charge on any atom is 0.257 e. The van der Waals surface area contributed by atoms with Crippen molar-refractivity contribution >= 4 is 45.3 Å². The molecule has 2 amide bonds. The molecular formula is C19H17BrN4O2S. The van der Waals surface area contributed by atoms with Gasteiger partial charge in [-0.15, -0.1) is 11.8 Å². The highest BCUT2D eigenvalue weighted by atomic mass is 79.9. The summed E-state index contributed by atoms with van der Waals surface area (Å²) in [6, 6.07) is 16.8. The number of carbonyl (C=O) groups excluding carboxylic acids is 2. The topological polar surface area (TPSA) is 90.0 Å². The van der Waals surface area contributed by atoms with Gasteiger partial charge < -0.3 is 11.1 Å². The number of anilines is 1. The highest BCUT2D eigenvalue weighted by Gasteiger charge is 2.14. The third kappa shape index (κ3) is 5.21. The van der Waals surface area contributed by atoms with E-state index in [4.69, 9.17) is 5.73 Å². The second-order valence-corrected chi connectivity index (χ2v) is 7.64. The van der Waals surface area contributed by atoms with Gasteiger partial charge in [-0.1, -0.05) is 40.2 Å². The van der Waals surface area contributed by atoms with Crippen molar-refractivity contribution in [2.45, 2.75) is 11.4 Å². The van der Waals surface area contributed by atoms with Crippen LogP contribution in [0.4, 0.5) is 5.82 Å². The van der Waals surface area contributed by atoms with Gasteiger partial charge in [-0.05, 0) is 29.8 Å². The summed E-state index contributed by atoms with van der Waals surface area (Å²) >= 11 is 4.66. The van der Waals surface area contributed by atoms with Crippen molar-refractivity contribution in [1.29, 1.82) is 0 Å². The molecule has 3 N–H and O–H groups in total. The lowest BCUT2D eigenvalue weighted by atomic mass is 10.2. The van der Waals surface area contributed by atoms with E-state index < -0.39 is 5.91 Å². The average molecular weight is 445 g/mol. The van der Waals surface area contributed by atoms with Gasteiger partial charge in [0.15, 0.2) is 0 Å². The molecule has 3 rings (SSSR count). The Balaban J connectivity index is 1.75. The molecule has 2 aromatic carbocycles. The number of amides is 2. The molecule has 3 aromatic rings. The lowest BCUT2D eigenvalue weighted by Gasteiger charge is -2.11. The molecule has 0 aliphatic carbocycles. The summed E-state index contributed by atoms with van der Waals surface area (Å²) < 4.78 is 2.73. The number of primary amides is 1. The van der Waals surface area contributed by atoms with Gasteiger partial charge in [0.2, 0.25) is 5.91 Å². The molecule has 0 unspecified atom stereocenters. The van der Waals surface area contributed by atoms with Gasteiger partial charge in [-0.2, -0.15) is 5.10 Å². The van der Waals surface area contributed by atoms with Crippen LogP contribution in [0.1, 0.15) is 15.9 Å². The Morgan fingerprint density at radius 2 is 1.85 bits per heavy atom. The number of benzene rings is 2. The van der Waals surface area contributed by atoms with E-state index in [2.05, 4.69) is 26.3 Å². The van der Waals surface area contributed by atoms with E-state index in [1.807, 2.05) is 30.3 Å². The molecule has 0 atom stereocenters. The SMILES string of the molecule is NC(=O)CSc1ccccc1C(=O)Nc1ccnn1Cc1ccc(Br)cc1. The van der Waals surface area contributed by atoms with E-state index in [0.29, 0.717) is 22.8 Å². The number of hydrogen-bond acceptors (Lipinski definition) is 4. The van der Waals surface area contributed by atoms with Crippen molar-refractivity contribution in [3.63, 3.8) is 0 Å². The number of halogens is 1. The van der Waals surface area contributed by atoms with Crippen LogP contribution in [0.15, 0.2) is 70.2 Å². The fourth-order valence-corrected chi connectivity index (χ4v) is 3.49. The molecule has 0 bridgehead atoms. The number of nitrogens with one attached hydrogen (secondary N) is 1. The van der Waals surface area contributed by atoms with Crippen LogP contribution in [0.2, 0.25) is 0 Å². The molecule has 6 nitrogen and oxygen atoms in total. The first-order valence-corrected chi connectivity index (χ1v) is 9.88. The zero-order valence-corrected chi connectivity index (χ0v) is 16.7. The summed E-state index contributed by atoms with van der Waals surface area (Å²) in [4.78, 5) is 24.5. The van der Waals surface area contributed by atoms with Gasteiger partial charge in [0.25, 0.3) is 5.91 Å². The van der Waals surface area contributed by atoms with Gasteiger partial charge >= 0.3 is 0 Å². The highest BCUT2D eigenvalue weighted by molar-refractivity contribution is 9.10. The van der Waals surface area contributed by atoms with E-state index in [9.17, 15) is 9.59 Å². The molecule has 0 radical (unpaired) electrons. The Kier molecular flexibility index (Phi) is 6.31. The van der Waals surface area contributed by atoms with Crippen LogP contribution in [-0.4, -0.2) is 27.3 Å². The van der Waals surface area contributed by atoms with Crippen molar-refractivity contribution in [3.05, 3.63) is 76.4 Å². The van der Waals surface area contributed by atoms with Crippen molar-refractivity contribution < 1.29 is 9.59 Å². The van der Waals surface area contributed by atoms with Crippen LogP contribution in [0.25, 0.3) is 0 Å². The Hall–Kier alpha value is -2.58. The monoisotopic (exact) mass is 444 g/mol. The molecule has 0 spiro atoms. The second kappa shape index (κ2) is 8.88. The van der Waals surface area contributed by atoms with E-state index in [0.717, 1.165) is 10.0 Å². The van der Waals surface area contributed by atoms with Gasteiger partial charge in [-0.25, -0.2) is 4.68 Å². The van der Waals surface area contributed by atoms with Crippen LogP contribution >= 0.6 is 27.7 Å². The van der Waals surface area contributed by atoms with E-state index in [-0.39, 0.29) is 11.7 Å². The molecule has 0 aliphatic rings. The Morgan fingerprint density at radius 1 is 1.11 bits per heavy atom. The fraction of sp³-hybridized carbons (Fsp3) is 0.105. The number of carbonyl (C=O) groups is 2. The largest absolute Gasteiger partial charge is 0.369 e. The minimum atomic E-state index is -0.428. The van der Waals surface area contributed by atoms with E-state index in [1.54, 1.807) is 35.1 Å². The predicted molar refractivity (Wildman–Crippen MR) is 110 cm³/mol. The number of hydrogen-bond donors (Lipinski definition) is 2. The summed E-state index contributed by atoms with van der Waals surface area (Å²) in [5, 5.41) is 7.18. The van der Waals surface area contributed by atoms with Crippen molar-refractivity contribution in [1.82, 2.24) is 9.78 Å². The number of nitrogens with two attached hydrogens (primary N) is 1. The third-order valence-corrected chi connectivity index (χ3v) is 5.33. The van der Waals surface area contributed by atoms with Gasteiger partial charge in [0.05, 0.1) is 24.1 Å². The summed E-state index contributed by atoms with van der Waals surface area (Å²) in [6.07, 6.45) is 1.64. The molecule has 8 heteroatoms. The average Bonchev–Trinajstić information content (AvgIpc) is 3.08. The fourth-order valence-electron chi connectivity index (χ4n) is 2.44. The lowest BCUT2D eigenvalue weighted by Crippen LogP contribution is -2.18. The quantitative estimate of drug-likeness (QED) is 0.545. The normalized spacial score (nSPS) is 10.6. The molecule has 138 valence electrons. The van der Waals surface area contributed by atoms with Gasteiger partial charge in [0.1, 0.15) is 5.82 Å². The molecule has 1 aromatic heterocycles. The summed E-state index contributed by atoms with van der Waals surface area (Å²) in [6.45, 7) is 0.536. The standard InChI is InChI=1S/C19H17BrN4O2S/c20-14-7-5-13(6-8-14)11-24-18(9-10-22-24)23-19(26)15-3-1-2-4-16(15)27-12-17(21)25/h1-10H,11-12H2,(H2,21,25)(H,23,26). The minimum Gasteiger partial charge on any atom is -0.369 e. The van der Waals surface area contributed by atoms with Crippen molar-refractivity contribution in [2.75, 3.05) is 11.1 Å². The number of thioether (sulfide) groups is 1. The van der Waals surface area contributed by atoms with E-state index >= 15 is 0 Å². The maximum absolute atomic E-state index is 12.7. The zero-order valence-electron chi connectivity index (χ0n) is 14.3. The predicted octanol–water partition coefficient (Wildman–Crippen LogP) is 3.52. The van der Waals surface area contributed by atoms with Crippen LogP contribution in [0, 0.1) is 0 Å². The maximum atomic E-state index is 12.7. The van der Waals surface area contributed by atoms with Crippen LogP contribution in [0.5, 0.6) is 0 Å². The molecule has 0 saturated carbocycles. The first-order valence-electron chi connectivity index (χ1n) is 8.10. The Labute approximate surface area is 169 Å². The minimum absolute atomic E-state index is 0.117. The Bertz CT molecular complexity index is 956. The van der Waals surface area contributed by atoms with Crippen molar-refractivity contribution in [3.8, 4) is 0 Å².